The molecule has 1 aromatic heterocycles. The van der Waals surface area contributed by atoms with Crippen LogP contribution < -0.4 is 0 Å². The highest BCUT2D eigenvalue weighted by atomic mass is 16.6. The second kappa shape index (κ2) is 4.24. The number of nitro groups is 2. The molecule has 0 spiro atoms. The molecule has 0 radical (unpaired) electrons. The summed E-state index contributed by atoms with van der Waals surface area (Å²) < 4.78 is 0.942. The lowest BCUT2D eigenvalue weighted by Gasteiger charge is -1.95. The van der Waals surface area contributed by atoms with E-state index >= 15 is 0 Å². The molecule has 8 nitrogen and oxygen atoms in total. The fraction of sp³-hybridized carbons (Fsp3) is 0.100. The van der Waals surface area contributed by atoms with Gasteiger partial charge in [0.1, 0.15) is 6.07 Å². The fourth-order valence-electron chi connectivity index (χ4n) is 1.45. The molecule has 8 heteroatoms. The molecule has 1 aromatic carbocycles. The lowest BCUT2D eigenvalue weighted by atomic mass is 10.2. The third-order valence-electron chi connectivity index (χ3n) is 2.33. The van der Waals surface area contributed by atoms with Gasteiger partial charge < -0.3 is 20.2 Å². The van der Waals surface area contributed by atoms with Crippen molar-refractivity contribution in [2.75, 3.05) is 0 Å². The van der Waals surface area contributed by atoms with Crippen molar-refractivity contribution in [2.45, 2.75) is 6.92 Å². The van der Waals surface area contributed by atoms with Crippen LogP contribution in [-0.2, 0) is 0 Å². The van der Waals surface area contributed by atoms with Crippen molar-refractivity contribution in [1.29, 1.82) is 0 Å². The van der Waals surface area contributed by atoms with Gasteiger partial charge in [-0.15, -0.1) is 0 Å². The molecule has 0 saturated heterocycles. The van der Waals surface area contributed by atoms with Crippen LogP contribution in [0.15, 0.2) is 30.3 Å². The second-order valence-electron chi connectivity index (χ2n) is 3.62. The van der Waals surface area contributed by atoms with E-state index in [0.717, 1.165) is 16.3 Å². The Bertz CT molecular complexity index is 617. The van der Waals surface area contributed by atoms with Gasteiger partial charge in [0.25, 0.3) is 0 Å². The van der Waals surface area contributed by atoms with Crippen LogP contribution in [-0.4, -0.2) is 19.6 Å². The number of aryl methyl sites for hydroxylation is 1. The van der Waals surface area contributed by atoms with Crippen molar-refractivity contribution in [2.24, 2.45) is 0 Å². The first-order valence-electron chi connectivity index (χ1n) is 4.95. The van der Waals surface area contributed by atoms with Gasteiger partial charge in [-0.3, -0.25) is 0 Å². The van der Waals surface area contributed by atoms with Crippen molar-refractivity contribution in [1.82, 2.24) is 9.78 Å². The Morgan fingerprint density at radius 3 is 2.22 bits per heavy atom. The molecule has 0 fully saturated rings. The topological polar surface area (TPSA) is 104 Å². The highest BCUT2D eigenvalue weighted by molar-refractivity contribution is 5.43. The normalized spacial score (nSPS) is 10.3. The average molecular weight is 248 g/mol. The van der Waals surface area contributed by atoms with Gasteiger partial charge in [0.15, 0.2) is 10.8 Å². The zero-order chi connectivity index (χ0) is 13.3. The minimum Gasteiger partial charge on any atom is -0.358 e. The summed E-state index contributed by atoms with van der Waals surface area (Å²) in [6.07, 6.45) is 0. The van der Waals surface area contributed by atoms with Crippen molar-refractivity contribution in [3.63, 3.8) is 0 Å². The minimum absolute atomic E-state index is 0.403. The highest BCUT2D eigenvalue weighted by Crippen LogP contribution is 2.23. The molecule has 2 rings (SSSR count). The molecule has 0 atom stereocenters. The molecule has 0 amide bonds. The molecule has 0 N–H and O–H groups in total. The van der Waals surface area contributed by atoms with Crippen LogP contribution in [0.1, 0.15) is 5.56 Å². The van der Waals surface area contributed by atoms with Crippen molar-refractivity contribution in [3.05, 3.63) is 56.1 Å². The lowest BCUT2D eigenvalue weighted by molar-refractivity contribution is -0.394. The average Bonchev–Trinajstić information content (AvgIpc) is 2.75. The van der Waals surface area contributed by atoms with Crippen molar-refractivity contribution >= 4 is 11.6 Å². The summed E-state index contributed by atoms with van der Waals surface area (Å²) in [5, 5.41) is 25.0. The molecule has 18 heavy (non-hydrogen) atoms. The van der Waals surface area contributed by atoms with E-state index in [1.54, 1.807) is 24.3 Å². The Morgan fingerprint density at radius 1 is 1.11 bits per heavy atom. The zero-order valence-corrected chi connectivity index (χ0v) is 9.31. The monoisotopic (exact) mass is 248 g/mol. The molecule has 2 aromatic rings. The van der Waals surface area contributed by atoms with Crippen LogP contribution in [0, 0.1) is 27.2 Å². The Kier molecular flexibility index (Phi) is 2.76. The molecule has 0 aliphatic rings. The van der Waals surface area contributed by atoms with Crippen molar-refractivity contribution < 1.29 is 9.85 Å². The van der Waals surface area contributed by atoms with Crippen LogP contribution in [0.4, 0.5) is 11.6 Å². The molecule has 1 heterocycles. The quantitative estimate of drug-likeness (QED) is 0.610. The first-order chi connectivity index (χ1) is 8.49. The van der Waals surface area contributed by atoms with E-state index in [1.165, 1.54) is 0 Å². The predicted molar refractivity (Wildman–Crippen MR) is 61.6 cm³/mol. The van der Waals surface area contributed by atoms with Crippen LogP contribution in [0.5, 0.6) is 0 Å². The molecule has 0 saturated carbocycles. The molecular formula is C10H8N4O4. The molecular weight excluding hydrogens is 240 g/mol. The van der Waals surface area contributed by atoms with E-state index < -0.39 is 21.5 Å². The summed E-state index contributed by atoms with van der Waals surface area (Å²) >= 11 is 0. The van der Waals surface area contributed by atoms with E-state index in [9.17, 15) is 20.2 Å². The first kappa shape index (κ1) is 11.7. The predicted octanol–water partition coefficient (Wildman–Crippen LogP) is 2.00. The molecule has 92 valence electrons. The Hall–Kier alpha value is -2.77. The summed E-state index contributed by atoms with van der Waals surface area (Å²) in [6.45, 7) is 1.86. The summed E-state index contributed by atoms with van der Waals surface area (Å²) in [5.41, 5.74) is 1.38. The van der Waals surface area contributed by atoms with Crippen molar-refractivity contribution in [3.8, 4) is 5.69 Å². The van der Waals surface area contributed by atoms with Gasteiger partial charge in [0, 0.05) is 4.68 Å². The number of rotatable bonds is 3. The summed E-state index contributed by atoms with van der Waals surface area (Å²) in [5.74, 6) is -0.993. The Labute approximate surface area is 101 Å². The number of benzene rings is 1. The zero-order valence-electron chi connectivity index (χ0n) is 9.31. The van der Waals surface area contributed by atoms with E-state index in [-0.39, 0.29) is 0 Å². The van der Waals surface area contributed by atoms with Gasteiger partial charge >= 0.3 is 11.6 Å². The van der Waals surface area contributed by atoms with Gasteiger partial charge in [-0.2, -0.15) is 0 Å². The SMILES string of the molecule is Cc1ccc(-n2nc([N+](=O)[O-])cc2[N+](=O)[O-])cc1. The molecule has 0 unspecified atom stereocenters. The van der Waals surface area contributed by atoms with Gasteiger partial charge in [0.2, 0.25) is 0 Å². The summed E-state index contributed by atoms with van der Waals surface area (Å²) in [4.78, 5) is 19.9. The number of nitrogens with zero attached hydrogens (tertiary/aromatic N) is 4. The molecule has 0 aliphatic carbocycles. The maximum Gasteiger partial charge on any atom is 0.420 e. The van der Waals surface area contributed by atoms with E-state index in [2.05, 4.69) is 5.10 Å². The first-order valence-corrected chi connectivity index (χ1v) is 4.95. The molecule has 0 bridgehead atoms. The minimum atomic E-state index is -0.766. The fourth-order valence-corrected chi connectivity index (χ4v) is 1.45. The van der Waals surface area contributed by atoms with Crippen LogP contribution in [0.3, 0.4) is 0 Å². The van der Waals surface area contributed by atoms with Crippen LogP contribution in [0.25, 0.3) is 5.69 Å². The highest BCUT2D eigenvalue weighted by Gasteiger charge is 2.28. The van der Waals surface area contributed by atoms with Gasteiger partial charge in [-0.25, -0.2) is 0 Å². The lowest BCUT2D eigenvalue weighted by Crippen LogP contribution is -2.02. The van der Waals surface area contributed by atoms with Gasteiger partial charge in [-0.05, 0) is 28.9 Å². The third-order valence-corrected chi connectivity index (χ3v) is 2.33. The van der Waals surface area contributed by atoms with Crippen LogP contribution in [0.2, 0.25) is 0 Å². The summed E-state index contributed by atoms with van der Waals surface area (Å²) in [7, 11) is 0. The number of hydrogen-bond acceptors (Lipinski definition) is 5. The summed E-state index contributed by atoms with van der Waals surface area (Å²) in [6, 6.07) is 7.54. The van der Waals surface area contributed by atoms with Gasteiger partial charge in [-0.1, -0.05) is 17.7 Å². The number of aromatic nitrogens is 2. The van der Waals surface area contributed by atoms with Crippen LogP contribution >= 0.6 is 0 Å². The smallest absolute Gasteiger partial charge is 0.358 e. The standard InChI is InChI=1S/C10H8N4O4/c1-7-2-4-8(5-3-7)12-10(14(17)18)6-9(11-12)13(15)16/h2-6H,1H3. The second-order valence-corrected chi connectivity index (χ2v) is 3.62. The molecule has 0 aliphatic heterocycles. The van der Waals surface area contributed by atoms with Gasteiger partial charge in [0.05, 0.1) is 0 Å². The van der Waals surface area contributed by atoms with E-state index in [1.807, 2.05) is 6.92 Å². The number of hydrogen-bond donors (Lipinski definition) is 0. The maximum atomic E-state index is 10.8. The van der Waals surface area contributed by atoms with E-state index in [0.29, 0.717) is 5.69 Å². The Balaban J connectivity index is 2.58. The van der Waals surface area contributed by atoms with E-state index in [4.69, 9.17) is 0 Å². The largest absolute Gasteiger partial charge is 0.420 e. The maximum absolute atomic E-state index is 10.8. The Morgan fingerprint density at radius 2 is 1.72 bits per heavy atom. The third kappa shape index (κ3) is 2.03.